The molecule has 0 spiro atoms. The first-order chi connectivity index (χ1) is 17.1. The molecule has 1 amide bonds. The Morgan fingerprint density at radius 1 is 0.714 bits per heavy atom. The maximum absolute atomic E-state index is 13.1. The number of hydrogen-bond acceptors (Lipinski definition) is 3. The van der Waals surface area contributed by atoms with E-state index in [-0.39, 0.29) is 5.91 Å². The molecule has 0 fully saturated rings. The van der Waals surface area contributed by atoms with E-state index < -0.39 is 12.0 Å². The van der Waals surface area contributed by atoms with Gasteiger partial charge in [-0.25, -0.2) is 4.79 Å². The van der Waals surface area contributed by atoms with Gasteiger partial charge < -0.3 is 10.1 Å². The van der Waals surface area contributed by atoms with Gasteiger partial charge in [-0.15, -0.1) is 0 Å². The standard InChI is InChI=1S/C31H25NO3/c1-35-31(34)29(32-30(33)23-17-15-22(16-18-23)21-9-3-2-4-10-21)20-28-26-13-7-5-11-24(26)19-25-12-6-8-14-27(25)28/h2-19,29H,20H2,1H3,(H,32,33)/t29-/m1/s1. The quantitative estimate of drug-likeness (QED) is 0.244. The van der Waals surface area contributed by atoms with Gasteiger partial charge in [0.05, 0.1) is 7.11 Å². The smallest absolute Gasteiger partial charge is 0.328 e. The monoisotopic (exact) mass is 459 g/mol. The predicted molar refractivity (Wildman–Crippen MR) is 140 cm³/mol. The second-order valence-corrected chi connectivity index (χ2v) is 8.49. The first kappa shape index (κ1) is 22.4. The molecule has 5 aromatic rings. The van der Waals surface area contributed by atoms with Crippen LogP contribution in [0.3, 0.4) is 0 Å². The third-order valence-corrected chi connectivity index (χ3v) is 6.34. The van der Waals surface area contributed by atoms with E-state index in [9.17, 15) is 9.59 Å². The van der Waals surface area contributed by atoms with Crippen LogP contribution in [0.2, 0.25) is 0 Å². The average molecular weight is 460 g/mol. The fourth-order valence-corrected chi connectivity index (χ4v) is 4.55. The van der Waals surface area contributed by atoms with Gasteiger partial charge in [-0.05, 0) is 56.4 Å². The first-order valence-corrected chi connectivity index (χ1v) is 11.6. The molecule has 0 saturated carbocycles. The van der Waals surface area contributed by atoms with Gasteiger partial charge in [-0.2, -0.15) is 0 Å². The minimum atomic E-state index is -0.824. The van der Waals surface area contributed by atoms with Crippen LogP contribution in [0, 0.1) is 0 Å². The van der Waals surface area contributed by atoms with Gasteiger partial charge >= 0.3 is 5.97 Å². The fraction of sp³-hybridized carbons (Fsp3) is 0.0968. The van der Waals surface area contributed by atoms with E-state index in [1.54, 1.807) is 12.1 Å². The Bertz CT molecular complexity index is 1450. The molecular formula is C31H25NO3. The van der Waals surface area contributed by atoms with E-state index >= 15 is 0 Å². The van der Waals surface area contributed by atoms with Crippen LogP contribution in [0.25, 0.3) is 32.7 Å². The van der Waals surface area contributed by atoms with Crippen molar-refractivity contribution in [2.45, 2.75) is 12.5 Å². The van der Waals surface area contributed by atoms with E-state index in [0.29, 0.717) is 12.0 Å². The summed E-state index contributed by atoms with van der Waals surface area (Å²) in [6, 6.07) is 34.9. The molecule has 0 aromatic heterocycles. The predicted octanol–water partition coefficient (Wildman–Crippen LogP) is 6.17. The summed E-state index contributed by atoms with van der Waals surface area (Å²) in [7, 11) is 1.34. The molecule has 1 atom stereocenters. The summed E-state index contributed by atoms with van der Waals surface area (Å²) in [5, 5.41) is 7.20. The number of rotatable bonds is 6. The zero-order valence-electron chi connectivity index (χ0n) is 19.4. The SMILES string of the molecule is COC(=O)[C@@H](Cc1c2ccccc2cc2ccccc12)NC(=O)c1ccc(-c2ccccc2)cc1. The van der Waals surface area contributed by atoms with E-state index in [4.69, 9.17) is 4.74 Å². The second kappa shape index (κ2) is 9.82. The van der Waals surface area contributed by atoms with Gasteiger partial charge in [0.15, 0.2) is 0 Å². The van der Waals surface area contributed by atoms with E-state index in [2.05, 4.69) is 35.6 Å². The number of benzene rings is 5. The molecule has 0 radical (unpaired) electrons. The number of esters is 1. The van der Waals surface area contributed by atoms with Crippen LogP contribution in [-0.2, 0) is 16.0 Å². The maximum Gasteiger partial charge on any atom is 0.328 e. The number of hydrogen-bond donors (Lipinski definition) is 1. The largest absolute Gasteiger partial charge is 0.467 e. The molecule has 0 bridgehead atoms. The molecule has 172 valence electrons. The summed E-state index contributed by atoms with van der Waals surface area (Å²) in [4.78, 5) is 25.9. The summed E-state index contributed by atoms with van der Waals surface area (Å²) in [5.41, 5.74) is 3.60. The van der Waals surface area contributed by atoms with Crippen LogP contribution < -0.4 is 5.32 Å². The van der Waals surface area contributed by atoms with Crippen LogP contribution in [0.1, 0.15) is 15.9 Å². The number of amides is 1. The summed E-state index contributed by atoms with van der Waals surface area (Å²) in [6.07, 6.45) is 0.322. The molecule has 4 heteroatoms. The van der Waals surface area contributed by atoms with Crippen molar-refractivity contribution in [3.63, 3.8) is 0 Å². The topological polar surface area (TPSA) is 55.4 Å². The van der Waals surface area contributed by atoms with Crippen molar-refractivity contribution in [1.82, 2.24) is 5.32 Å². The molecule has 0 saturated heterocycles. The molecule has 4 nitrogen and oxygen atoms in total. The number of ether oxygens (including phenoxy) is 1. The highest BCUT2D eigenvalue weighted by Crippen LogP contribution is 2.29. The molecule has 0 heterocycles. The van der Waals surface area contributed by atoms with Crippen molar-refractivity contribution < 1.29 is 14.3 Å². The van der Waals surface area contributed by atoms with Crippen LogP contribution >= 0.6 is 0 Å². The average Bonchev–Trinajstić information content (AvgIpc) is 2.92. The third kappa shape index (κ3) is 4.64. The zero-order valence-corrected chi connectivity index (χ0v) is 19.4. The summed E-state index contributed by atoms with van der Waals surface area (Å²) >= 11 is 0. The van der Waals surface area contributed by atoms with Gasteiger partial charge in [-0.1, -0.05) is 91.0 Å². The summed E-state index contributed by atoms with van der Waals surface area (Å²) < 4.78 is 5.07. The molecule has 0 aliphatic heterocycles. The van der Waals surface area contributed by atoms with E-state index in [1.165, 1.54) is 7.11 Å². The van der Waals surface area contributed by atoms with Crippen LogP contribution in [-0.4, -0.2) is 25.0 Å². The highest BCUT2D eigenvalue weighted by Gasteiger charge is 2.24. The van der Waals surface area contributed by atoms with Crippen LogP contribution in [0.15, 0.2) is 109 Å². The Morgan fingerprint density at radius 2 is 1.26 bits per heavy atom. The number of fused-ring (bicyclic) bond motifs is 2. The van der Waals surface area contributed by atoms with Gasteiger partial charge in [0.1, 0.15) is 6.04 Å². The molecule has 5 rings (SSSR count). The Morgan fingerprint density at radius 3 is 1.86 bits per heavy atom. The minimum Gasteiger partial charge on any atom is -0.467 e. The van der Waals surface area contributed by atoms with Gasteiger partial charge in [0, 0.05) is 12.0 Å². The maximum atomic E-state index is 13.1. The lowest BCUT2D eigenvalue weighted by Crippen LogP contribution is -2.43. The molecule has 1 N–H and O–H groups in total. The first-order valence-electron chi connectivity index (χ1n) is 11.6. The Labute approximate surface area is 204 Å². The Balaban J connectivity index is 1.45. The molecule has 0 aliphatic rings. The highest BCUT2D eigenvalue weighted by atomic mass is 16.5. The molecule has 0 unspecified atom stereocenters. The van der Waals surface area contributed by atoms with Gasteiger partial charge in [0.2, 0.25) is 0 Å². The van der Waals surface area contributed by atoms with Crippen molar-refractivity contribution in [2.24, 2.45) is 0 Å². The zero-order chi connectivity index (χ0) is 24.2. The number of carbonyl (C=O) groups is 2. The fourth-order valence-electron chi connectivity index (χ4n) is 4.55. The third-order valence-electron chi connectivity index (χ3n) is 6.34. The molecule has 5 aromatic carbocycles. The summed E-state index contributed by atoms with van der Waals surface area (Å²) in [6.45, 7) is 0. The Kier molecular flexibility index (Phi) is 6.27. The summed E-state index contributed by atoms with van der Waals surface area (Å²) in [5.74, 6) is -0.791. The van der Waals surface area contributed by atoms with Crippen molar-refractivity contribution in [2.75, 3.05) is 7.11 Å². The van der Waals surface area contributed by atoms with E-state index in [1.807, 2.05) is 66.7 Å². The van der Waals surface area contributed by atoms with Crippen molar-refractivity contribution in [3.05, 3.63) is 120 Å². The number of methoxy groups -OCH3 is 1. The van der Waals surface area contributed by atoms with Crippen LogP contribution in [0.4, 0.5) is 0 Å². The van der Waals surface area contributed by atoms with E-state index in [0.717, 1.165) is 38.2 Å². The lowest BCUT2D eigenvalue weighted by molar-refractivity contribution is -0.142. The Hall–Kier alpha value is -4.44. The van der Waals surface area contributed by atoms with Crippen molar-refractivity contribution >= 4 is 33.4 Å². The van der Waals surface area contributed by atoms with Crippen molar-refractivity contribution in [1.29, 1.82) is 0 Å². The number of carbonyl (C=O) groups excluding carboxylic acids is 2. The number of nitrogens with one attached hydrogen (secondary N) is 1. The lowest BCUT2D eigenvalue weighted by atomic mass is 9.92. The highest BCUT2D eigenvalue weighted by molar-refractivity contribution is 6.03. The van der Waals surface area contributed by atoms with Crippen molar-refractivity contribution in [3.8, 4) is 11.1 Å². The minimum absolute atomic E-state index is 0.315. The van der Waals surface area contributed by atoms with Gasteiger partial charge in [0.25, 0.3) is 5.91 Å². The lowest BCUT2D eigenvalue weighted by Gasteiger charge is -2.19. The molecular weight excluding hydrogens is 434 g/mol. The molecule has 35 heavy (non-hydrogen) atoms. The van der Waals surface area contributed by atoms with Gasteiger partial charge in [-0.3, -0.25) is 4.79 Å². The normalized spacial score (nSPS) is 11.8. The second-order valence-electron chi connectivity index (χ2n) is 8.49. The van der Waals surface area contributed by atoms with Crippen LogP contribution in [0.5, 0.6) is 0 Å². The molecule has 0 aliphatic carbocycles.